The summed E-state index contributed by atoms with van der Waals surface area (Å²) in [6.45, 7) is 8.85. The Morgan fingerprint density at radius 1 is 1.38 bits per heavy atom. The lowest BCUT2D eigenvalue weighted by atomic mass is 9.90. The molecule has 2 aliphatic rings. The second kappa shape index (κ2) is 6.76. The number of thiazole rings is 1. The van der Waals surface area contributed by atoms with Crippen LogP contribution in [0.25, 0.3) is 0 Å². The average molecular weight is 308 g/mol. The van der Waals surface area contributed by atoms with Gasteiger partial charge in [-0.1, -0.05) is 20.8 Å². The zero-order valence-corrected chi connectivity index (χ0v) is 14.3. The van der Waals surface area contributed by atoms with E-state index < -0.39 is 0 Å². The number of nitrogens with one attached hydrogen (secondary N) is 1. The molecule has 0 spiro atoms. The van der Waals surface area contributed by atoms with Crippen molar-refractivity contribution in [2.45, 2.75) is 77.5 Å². The van der Waals surface area contributed by atoms with Crippen LogP contribution in [0.3, 0.4) is 0 Å². The Kier molecular flexibility index (Phi) is 4.97. The van der Waals surface area contributed by atoms with Crippen molar-refractivity contribution in [1.82, 2.24) is 10.3 Å². The minimum absolute atomic E-state index is 0.449. The molecule has 3 atom stereocenters. The molecular weight excluding hydrogens is 280 g/mol. The van der Waals surface area contributed by atoms with E-state index in [2.05, 4.69) is 26.1 Å². The molecule has 4 heteroatoms. The molecule has 3 unspecified atom stereocenters. The van der Waals surface area contributed by atoms with E-state index >= 15 is 0 Å². The van der Waals surface area contributed by atoms with Crippen molar-refractivity contribution >= 4 is 11.3 Å². The topological polar surface area (TPSA) is 34.1 Å². The molecule has 1 aromatic heterocycles. The molecule has 0 amide bonds. The number of hydrogen-bond acceptors (Lipinski definition) is 4. The summed E-state index contributed by atoms with van der Waals surface area (Å²) in [5.74, 6) is 1.24. The highest BCUT2D eigenvalue weighted by Crippen LogP contribution is 2.45. The second-order valence-electron chi connectivity index (χ2n) is 6.91. The minimum atomic E-state index is 0.449. The molecule has 2 bridgehead atoms. The summed E-state index contributed by atoms with van der Waals surface area (Å²) in [4.78, 5) is 6.48. The minimum Gasteiger partial charge on any atom is -0.374 e. The molecule has 0 radical (unpaired) electrons. The number of aromatic nitrogens is 1. The van der Waals surface area contributed by atoms with Crippen LogP contribution in [-0.4, -0.2) is 23.7 Å². The van der Waals surface area contributed by atoms with E-state index in [0.29, 0.717) is 24.0 Å². The van der Waals surface area contributed by atoms with Gasteiger partial charge in [0.15, 0.2) is 0 Å². The molecule has 0 saturated carbocycles. The van der Waals surface area contributed by atoms with Gasteiger partial charge in [-0.15, -0.1) is 11.3 Å². The molecule has 21 heavy (non-hydrogen) atoms. The normalized spacial score (nSPS) is 27.9. The Balaban J connectivity index is 1.74. The highest BCUT2D eigenvalue weighted by atomic mass is 32.1. The highest BCUT2D eigenvalue weighted by Gasteiger charge is 2.43. The maximum atomic E-state index is 6.02. The summed E-state index contributed by atoms with van der Waals surface area (Å²) in [7, 11) is 0. The fraction of sp³-hybridized carbons (Fsp3) is 0.824. The third kappa shape index (κ3) is 3.49. The van der Waals surface area contributed by atoms with Crippen molar-refractivity contribution in [2.24, 2.45) is 5.92 Å². The van der Waals surface area contributed by atoms with Crippen LogP contribution in [0.4, 0.5) is 0 Å². The Morgan fingerprint density at radius 3 is 2.86 bits per heavy atom. The van der Waals surface area contributed by atoms with Gasteiger partial charge < -0.3 is 10.1 Å². The van der Waals surface area contributed by atoms with Crippen molar-refractivity contribution in [2.75, 3.05) is 6.54 Å². The molecule has 1 N–H and O–H groups in total. The number of fused-ring (bicyclic) bond motifs is 2. The molecular formula is C17H28N2OS. The number of nitrogens with zero attached hydrogens (tertiary/aromatic N) is 1. The first-order valence-corrected chi connectivity index (χ1v) is 9.33. The lowest BCUT2D eigenvalue weighted by molar-refractivity contribution is 0.100. The van der Waals surface area contributed by atoms with E-state index in [9.17, 15) is 0 Å². The zero-order chi connectivity index (χ0) is 14.8. The van der Waals surface area contributed by atoms with Crippen LogP contribution < -0.4 is 5.32 Å². The first-order chi connectivity index (χ1) is 10.2. The van der Waals surface area contributed by atoms with E-state index in [1.165, 1.54) is 41.3 Å². The Labute approximate surface area is 132 Å². The molecule has 3 rings (SSSR count). The first-order valence-electron chi connectivity index (χ1n) is 8.52. The van der Waals surface area contributed by atoms with Crippen molar-refractivity contribution < 1.29 is 4.74 Å². The number of rotatable bonds is 7. The van der Waals surface area contributed by atoms with E-state index in [1.807, 2.05) is 11.3 Å². The molecule has 3 heterocycles. The smallest absolute Gasteiger partial charge is 0.0989 e. The average Bonchev–Trinajstić information content (AvgIpc) is 3.14. The zero-order valence-electron chi connectivity index (χ0n) is 13.5. The molecule has 3 nitrogen and oxygen atoms in total. The SMILES string of the molecule is CCCNCc1sc(C2CC3CCC2O3)nc1CC(C)C. The third-order valence-electron chi connectivity index (χ3n) is 4.53. The molecule has 2 fully saturated rings. The molecule has 0 aliphatic carbocycles. The molecule has 2 saturated heterocycles. The lowest BCUT2D eigenvalue weighted by Gasteiger charge is -2.15. The van der Waals surface area contributed by atoms with Gasteiger partial charge in [0.05, 0.1) is 22.9 Å². The molecule has 2 aliphatic heterocycles. The predicted octanol–water partition coefficient (Wildman–Crippen LogP) is 3.88. The molecule has 0 aromatic carbocycles. The van der Waals surface area contributed by atoms with E-state index in [-0.39, 0.29) is 0 Å². The quantitative estimate of drug-likeness (QED) is 0.776. The fourth-order valence-electron chi connectivity index (χ4n) is 3.52. The van der Waals surface area contributed by atoms with E-state index in [0.717, 1.165) is 19.5 Å². The summed E-state index contributed by atoms with van der Waals surface area (Å²) in [5.41, 5.74) is 1.33. The van der Waals surface area contributed by atoms with Crippen LogP contribution in [0.1, 0.15) is 68.0 Å². The van der Waals surface area contributed by atoms with E-state index in [4.69, 9.17) is 9.72 Å². The van der Waals surface area contributed by atoms with Gasteiger partial charge in [-0.3, -0.25) is 0 Å². The van der Waals surface area contributed by atoms with Crippen LogP contribution in [0.2, 0.25) is 0 Å². The van der Waals surface area contributed by atoms with Gasteiger partial charge in [0.25, 0.3) is 0 Å². The van der Waals surface area contributed by atoms with Gasteiger partial charge >= 0.3 is 0 Å². The predicted molar refractivity (Wildman–Crippen MR) is 87.9 cm³/mol. The van der Waals surface area contributed by atoms with Crippen molar-refractivity contribution in [3.63, 3.8) is 0 Å². The summed E-state index contributed by atoms with van der Waals surface area (Å²) >= 11 is 1.94. The van der Waals surface area contributed by atoms with Gasteiger partial charge in [-0.25, -0.2) is 4.98 Å². The standard InChI is InChI=1S/C17H28N2OS/c1-4-7-18-10-16-14(8-11(2)3)19-17(21-16)13-9-12-5-6-15(13)20-12/h11-13,15,18H,4-10H2,1-3H3. The largest absolute Gasteiger partial charge is 0.374 e. The van der Waals surface area contributed by atoms with Crippen LogP contribution in [0, 0.1) is 5.92 Å². The second-order valence-corrected chi connectivity index (χ2v) is 8.03. The maximum Gasteiger partial charge on any atom is 0.0989 e. The molecule has 1 aromatic rings. The maximum absolute atomic E-state index is 6.02. The van der Waals surface area contributed by atoms with Gasteiger partial charge in [-0.05, 0) is 44.6 Å². The van der Waals surface area contributed by atoms with Crippen molar-refractivity contribution in [3.05, 3.63) is 15.6 Å². The van der Waals surface area contributed by atoms with E-state index in [1.54, 1.807) is 0 Å². The van der Waals surface area contributed by atoms with Gasteiger partial charge in [-0.2, -0.15) is 0 Å². The van der Waals surface area contributed by atoms with Crippen LogP contribution in [-0.2, 0) is 17.7 Å². The van der Waals surface area contributed by atoms with Crippen molar-refractivity contribution in [1.29, 1.82) is 0 Å². The lowest BCUT2D eigenvalue weighted by Crippen LogP contribution is -2.14. The van der Waals surface area contributed by atoms with Crippen molar-refractivity contribution in [3.8, 4) is 0 Å². The van der Waals surface area contributed by atoms with Crippen LogP contribution in [0.5, 0.6) is 0 Å². The summed E-state index contributed by atoms with van der Waals surface area (Å²) in [6.07, 6.45) is 6.94. The van der Waals surface area contributed by atoms with Gasteiger partial charge in [0.1, 0.15) is 0 Å². The number of ether oxygens (including phenoxy) is 1. The summed E-state index contributed by atoms with van der Waals surface area (Å²) < 4.78 is 6.02. The summed E-state index contributed by atoms with van der Waals surface area (Å²) in [5, 5.41) is 4.88. The van der Waals surface area contributed by atoms with Crippen LogP contribution in [0.15, 0.2) is 0 Å². The van der Waals surface area contributed by atoms with Crippen LogP contribution >= 0.6 is 11.3 Å². The Hall–Kier alpha value is -0.450. The molecule has 118 valence electrons. The summed E-state index contributed by atoms with van der Waals surface area (Å²) in [6, 6.07) is 0. The monoisotopic (exact) mass is 308 g/mol. The number of hydrogen-bond donors (Lipinski definition) is 1. The first kappa shape index (κ1) is 15.4. The Morgan fingerprint density at radius 2 is 2.24 bits per heavy atom. The fourth-order valence-corrected chi connectivity index (χ4v) is 4.75. The van der Waals surface area contributed by atoms with Gasteiger partial charge in [0.2, 0.25) is 0 Å². The highest BCUT2D eigenvalue weighted by molar-refractivity contribution is 7.11. The Bertz CT molecular complexity index is 471. The van der Waals surface area contributed by atoms with Gasteiger partial charge in [0, 0.05) is 17.3 Å². The third-order valence-corrected chi connectivity index (χ3v) is 5.76.